The van der Waals surface area contributed by atoms with Gasteiger partial charge >= 0.3 is 0 Å². The van der Waals surface area contributed by atoms with Crippen molar-refractivity contribution in [3.8, 4) is 0 Å². The molecule has 2 nitrogen and oxygen atoms in total. The Morgan fingerprint density at radius 3 is 2.32 bits per heavy atom. The van der Waals surface area contributed by atoms with Crippen LogP contribution in [0, 0.1) is 0 Å². The van der Waals surface area contributed by atoms with Gasteiger partial charge in [-0.05, 0) is 23.8 Å². The summed E-state index contributed by atoms with van der Waals surface area (Å²) < 4.78 is 0. The Kier molecular flexibility index (Phi) is 4.26. The van der Waals surface area contributed by atoms with Crippen molar-refractivity contribution in [1.82, 2.24) is 0 Å². The molecular weight excluding hydrogens is 260 g/mol. The first kappa shape index (κ1) is 13.2. The van der Waals surface area contributed by atoms with Gasteiger partial charge in [0.2, 0.25) is 0 Å². The van der Waals surface area contributed by atoms with Crippen molar-refractivity contribution in [2.24, 2.45) is 0 Å². The number of ketones is 1. The topological polar surface area (TPSA) is 34.1 Å². The summed E-state index contributed by atoms with van der Waals surface area (Å²) in [6.45, 7) is 0. The van der Waals surface area contributed by atoms with Gasteiger partial charge < -0.3 is 0 Å². The zero-order valence-electron chi connectivity index (χ0n) is 10.0. The minimum Gasteiger partial charge on any atom is -0.298 e. The van der Waals surface area contributed by atoms with E-state index in [-0.39, 0.29) is 5.78 Å². The van der Waals surface area contributed by atoms with Crippen LogP contribution < -0.4 is 0 Å². The van der Waals surface area contributed by atoms with Crippen LogP contribution in [0.5, 0.6) is 0 Å². The summed E-state index contributed by atoms with van der Waals surface area (Å²) in [7, 11) is 0. The van der Waals surface area contributed by atoms with E-state index in [4.69, 9.17) is 11.6 Å². The lowest BCUT2D eigenvalue weighted by atomic mass is 10.1. The van der Waals surface area contributed by atoms with Gasteiger partial charge in [-0.2, -0.15) is 0 Å². The second-order valence-electron chi connectivity index (χ2n) is 3.99. The third-order valence-corrected chi connectivity index (χ3v) is 2.84. The molecule has 0 saturated carbocycles. The van der Waals surface area contributed by atoms with E-state index in [9.17, 15) is 9.59 Å². The van der Waals surface area contributed by atoms with Crippen LogP contribution in [0.2, 0.25) is 5.02 Å². The van der Waals surface area contributed by atoms with Crippen molar-refractivity contribution < 1.29 is 9.59 Å². The molecule has 94 valence electrons. The maximum atomic E-state index is 11.9. The summed E-state index contributed by atoms with van der Waals surface area (Å²) >= 11 is 5.83. The molecule has 0 spiro atoms. The largest absolute Gasteiger partial charge is 0.298 e. The summed E-state index contributed by atoms with van der Waals surface area (Å²) in [5.41, 5.74) is 2.02. The Hall–Kier alpha value is -2.19. The van der Waals surface area contributed by atoms with Crippen molar-refractivity contribution in [1.29, 1.82) is 0 Å². The number of rotatable bonds is 4. The molecule has 0 aliphatic rings. The molecular formula is C16H11ClO2. The predicted octanol–water partition coefficient (Wildman–Crippen LogP) is 4.05. The molecule has 0 fully saturated rings. The number of benzene rings is 2. The molecule has 0 radical (unpaired) electrons. The van der Waals surface area contributed by atoms with E-state index in [0.717, 1.165) is 11.8 Å². The van der Waals surface area contributed by atoms with Gasteiger partial charge in [-0.3, -0.25) is 9.59 Å². The van der Waals surface area contributed by atoms with Crippen LogP contribution in [0.3, 0.4) is 0 Å². The van der Waals surface area contributed by atoms with Crippen molar-refractivity contribution in [2.45, 2.75) is 0 Å². The summed E-state index contributed by atoms with van der Waals surface area (Å²) in [5.74, 6) is -0.109. The number of carbonyl (C=O) groups excluding carboxylic acids is 2. The molecule has 0 bridgehead atoms. The summed E-state index contributed by atoms with van der Waals surface area (Å²) in [5, 5.41) is 0.537. The third kappa shape index (κ3) is 3.63. The Balaban J connectivity index is 2.13. The van der Waals surface area contributed by atoms with Crippen molar-refractivity contribution in [3.63, 3.8) is 0 Å². The van der Waals surface area contributed by atoms with Crippen LogP contribution in [-0.2, 0) is 0 Å². The SMILES string of the molecule is O=Cc1ccc(/C=C/C(=O)c2cccc(Cl)c2)cc1. The lowest BCUT2D eigenvalue weighted by Gasteiger charge is -1.97. The molecule has 0 heterocycles. The fourth-order valence-corrected chi connectivity index (χ4v) is 1.79. The van der Waals surface area contributed by atoms with E-state index < -0.39 is 0 Å². The fraction of sp³-hybridized carbons (Fsp3) is 0. The molecule has 0 aromatic heterocycles. The normalized spacial score (nSPS) is 10.6. The summed E-state index contributed by atoms with van der Waals surface area (Å²) in [6, 6.07) is 13.8. The van der Waals surface area contributed by atoms with Crippen LogP contribution in [0.15, 0.2) is 54.6 Å². The summed E-state index contributed by atoms with van der Waals surface area (Å²) in [4.78, 5) is 22.4. The van der Waals surface area contributed by atoms with Gasteiger partial charge in [-0.1, -0.05) is 54.1 Å². The second-order valence-corrected chi connectivity index (χ2v) is 4.43. The highest BCUT2D eigenvalue weighted by atomic mass is 35.5. The Morgan fingerprint density at radius 2 is 1.68 bits per heavy atom. The highest BCUT2D eigenvalue weighted by Gasteiger charge is 2.01. The maximum absolute atomic E-state index is 11.9. The van der Waals surface area contributed by atoms with E-state index in [0.29, 0.717) is 16.1 Å². The van der Waals surface area contributed by atoms with Crippen LogP contribution in [-0.4, -0.2) is 12.1 Å². The average Bonchev–Trinajstić information content (AvgIpc) is 2.45. The van der Waals surface area contributed by atoms with Gasteiger partial charge in [0.25, 0.3) is 0 Å². The standard InChI is InChI=1S/C16H11ClO2/c17-15-3-1-2-14(10-15)16(19)9-8-12-4-6-13(11-18)7-5-12/h1-11H/b9-8+. The average molecular weight is 271 g/mol. The third-order valence-electron chi connectivity index (χ3n) is 2.61. The molecule has 0 N–H and O–H groups in total. The van der Waals surface area contributed by atoms with Crippen LogP contribution in [0.1, 0.15) is 26.3 Å². The number of allylic oxidation sites excluding steroid dienone is 1. The van der Waals surface area contributed by atoms with E-state index >= 15 is 0 Å². The molecule has 3 heteroatoms. The molecule has 0 amide bonds. The van der Waals surface area contributed by atoms with E-state index in [1.165, 1.54) is 6.08 Å². The first-order valence-corrected chi connectivity index (χ1v) is 6.10. The highest BCUT2D eigenvalue weighted by molar-refractivity contribution is 6.31. The molecule has 0 atom stereocenters. The monoisotopic (exact) mass is 270 g/mol. The molecule has 2 rings (SSSR count). The highest BCUT2D eigenvalue weighted by Crippen LogP contribution is 2.12. The number of carbonyl (C=O) groups is 2. The molecule has 0 aliphatic carbocycles. The van der Waals surface area contributed by atoms with Crippen molar-refractivity contribution >= 4 is 29.7 Å². The molecule has 0 unspecified atom stereocenters. The van der Waals surface area contributed by atoms with Crippen LogP contribution in [0.25, 0.3) is 6.08 Å². The minimum atomic E-state index is -0.109. The van der Waals surface area contributed by atoms with E-state index in [1.807, 2.05) is 0 Å². The Labute approximate surface area is 116 Å². The minimum absolute atomic E-state index is 0.109. The van der Waals surface area contributed by atoms with Gasteiger partial charge in [-0.15, -0.1) is 0 Å². The fourth-order valence-electron chi connectivity index (χ4n) is 1.60. The first-order valence-electron chi connectivity index (χ1n) is 5.72. The molecule has 0 aliphatic heterocycles. The van der Waals surface area contributed by atoms with Gasteiger partial charge in [-0.25, -0.2) is 0 Å². The van der Waals surface area contributed by atoms with Crippen molar-refractivity contribution in [3.05, 3.63) is 76.3 Å². The summed E-state index contributed by atoms with van der Waals surface area (Å²) in [6.07, 6.45) is 3.98. The number of aldehydes is 1. The Bertz CT molecular complexity index is 627. The quantitative estimate of drug-likeness (QED) is 0.477. The lowest BCUT2D eigenvalue weighted by Crippen LogP contribution is -1.93. The molecule has 19 heavy (non-hydrogen) atoms. The van der Waals surface area contributed by atoms with Gasteiger partial charge in [0, 0.05) is 16.1 Å². The molecule has 2 aromatic carbocycles. The van der Waals surface area contributed by atoms with E-state index in [1.54, 1.807) is 54.6 Å². The van der Waals surface area contributed by atoms with Gasteiger partial charge in [0.1, 0.15) is 6.29 Å². The number of hydrogen-bond donors (Lipinski definition) is 0. The molecule has 2 aromatic rings. The van der Waals surface area contributed by atoms with Gasteiger partial charge in [0.15, 0.2) is 5.78 Å². The smallest absolute Gasteiger partial charge is 0.185 e. The van der Waals surface area contributed by atoms with Crippen molar-refractivity contribution in [2.75, 3.05) is 0 Å². The van der Waals surface area contributed by atoms with Crippen LogP contribution >= 0.6 is 11.6 Å². The lowest BCUT2D eigenvalue weighted by molar-refractivity contribution is 0.104. The second kappa shape index (κ2) is 6.12. The zero-order chi connectivity index (χ0) is 13.7. The van der Waals surface area contributed by atoms with Crippen LogP contribution in [0.4, 0.5) is 0 Å². The maximum Gasteiger partial charge on any atom is 0.185 e. The number of halogens is 1. The Morgan fingerprint density at radius 1 is 1.00 bits per heavy atom. The zero-order valence-corrected chi connectivity index (χ0v) is 10.8. The molecule has 0 saturated heterocycles. The van der Waals surface area contributed by atoms with Gasteiger partial charge in [0.05, 0.1) is 0 Å². The number of hydrogen-bond acceptors (Lipinski definition) is 2. The first-order chi connectivity index (χ1) is 9.19. The predicted molar refractivity (Wildman–Crippen MR) is 76.6 cm³/mol. The van der Waals surface area contributed by atoms with E-state index in [2.05, 4.69) is 0 Å².